The molecule has 3 rings (SSSR count). The lowest BCUT2D eigenvalue weighted by Crippen LogP contribution is -2.36. The Kier molecular flexibility index (Phi) is 5.23. The maximum Gasteiger partial charge on any atom is 0.227 e. The SMILES string of the molecule is COc1ccc(C)c2c1N(C(=O)CCC(=O)c1ccc(C)s1)CCC2. The first-order valence-corrected chi connectivity index (χ1v) is 9.39. The summed E-state index contributed by atoms with van der Waals surface area (Å²) in [6.45, 7) is 4.72. The number of methoxy groups -OCH3 is 1. The zero-order valence-electron chi connectivity index (χ0n) is 14.9. The minimum Gasteiger partial charge on any atom is -0.495 e. The Labute approximate surface area is 152 Å². The number of ketones is 1. The quantitative estimate of drug-likeness (QED) is 0.749. The Morgan fingerprint density at radius 2 is 1.96 bits per heavy atom. The van der Waals surface area contributed by atoms with Gasteiger partial charge in [0.1, 0.15) is 5.75 Å². The van der Waals surface area contributed by atoms with Gasteiger partial charge in [0.25, 0.3) is 0 Å². The monoisotopic (exact) mass is 357 g/mol. The molecular formula is C20H23NO3S. The van der Waals surface area contributed by atoms with Gasteiger partial charge in [-0.1, -0.05) is 6.07 Å². The summed E-state index contributed by atoms with van der Waals surface area (Å²) in [6.07, 6.45) is 2.37. The molecule has 0 saturated heterocycles. The first-order valence-electron chi connectivity index (χ1n) is 8.57. The molecule has 1 aliphatic rings. The molecule has 25 heavy (non-hydrogen) atoms. The molecule has 0 spiro atoms. The highest BCUT2D eigenvalue weighted by Crippen LogP contribution is 2.38. The smallest absolute Gasteiger partial charge is 0.227 e. The van der Waals surface area contributed by atoms with Crippen LogP contribution in [0.5, 0.6) is 5.75 Å². The highest BCUT2D eigenvalue weighted by molar-refractivity contribution is 7.14. The molecule has 4 nitrogen and oxygen atoms in total. The van der Waals surface area contributed by atoms with Crippen LogP contribution in [0.1, 0.15) is 44.9 Å². The highest BCUT2D eigenvalue weighted by Gasteiger charge is 2.27. The number of hydrogen-bond acceptors (Lipinski definition) is 4. The maximum absolute atomic E-state index is 12.8. The summed E-state index contributed by atoms with van der Waals surface area (Å²) in [5, 5.41) is 0. The van der Waals surface area contributed by atoms with Crippen molar-refractivity contribution in [1.82, 2.24) is 0 Å². The predicted octanol–water partition coefficient (Wildman–Crippen LogP) is 4.32. The molecule has 0 N–H and O–H groups in total. The van der Waals surface area contributed by atoms with E-state index in [1.54, 1.807) is 12.0 Å². The zero-order chi connectivity index (χ0) is 18.0. The number of carbonyl (C=O) groups excluding carboxylic acids is 2. The first-order chi connectivity index (χ1) is 12.0. The van der Waals surface area contributed by atoms with Gasteiger partial charge in [-0.2, -0.15) is 0 Å². The lowest BCUT2D eigenvalue weighted by atomic mass is 9.96. The van der Waals surface area contributed by atoms with E-state index in [1.807, 2.05) is 31.2 Å². The van der Waals surface area contributed by atoms with Gasteiger partial charge in [-0.15, -0.1) is 11.3 Å². The fourth-order valence-electron chi connectivity index (χ4n) is 3.33. The molecule has 1 amide bonds. The molecule has 0 bridgehead atoms. The average molecular weight is 357 g/mol. The van der Waals surface area contributed by atoms with Crippen molar-refractivity contribution in [2.24, 2.45) is 0 Å². The van der Waals surface area contributed by atoms with Crippen molar-refractivity contribution in [1.29, 1.82) is 0 Å². The third-order valence-corrected chi connectivity index (χ3v) is 5.70. The Balaban J connectivity index is 1.76. The second-order valence-corrected chi connectivity index (χ2v) is 7.68. The predicted molar refractivity (Wildman–Crippen MR) is 101 cm³/mol. The number of amides is 1. The van der Waals surface area contributed by atoms with Crippen LogP contribution in [0.15, 0.2) is 24.3 Å². The molecule has 2 heterocycles. The molecule has 0 saturated carbocycles. The fraction of sp³-hybridized carbons (Fsp3) is 0.400. The topological polar surface area (TPSA) is 46.6 Å². The average Bonchev–Trinajstić information content (AvgIpc) is 3.06. The molecule has 0 fully saturated rings. The molecule has 1 aromatic carbocycles. The number of fused-ring (bicyclic) bond motifs is 1. The van der Waals surface area contributed by atoms with Gasteiger partial charge in [0.2, 0.25) is 5.91 Å². The number of thiophene rings is 1. The van der Waals surface area contributed by atoms with E-state index in [4.69, 9.17) is 4.74 Å². The number of hydrogen-bond donors (Lipinski definition) is 0. The van der Waals surface area contributed by atoms with Crippen molar-refractivity contribution in [3.05, 3.63) is 45.1 Å². The number of anilines is 1. The van der Waals surface area contributed by atoms with Gasteiger partial charge < -0.3 is 9.64 Å². The standard InChI is InChI=1S/C20H23NO3S/c1-13-6-9-17(24-3)20-15(13)5-4-12-21(20)19(23)11-8-16(22)18-10-7-14(2)25-18/h6-7,9-10H,4-5,8,11-12H2,1-3H3. The molecule has 132 valence electrons. The molecular weight excluding hydrogens is 334 g/mol. The van der Waals surface area contributed by atoms with E-state index in [-0.39, 0.29) is 24.5 Å². The van der Waals surface area contributed by atoms with Gasteiger partial charge in [-0.05, 0) is 56.0 Å². The Hall–Kier alpha value is -2.14. The van der Waals surface area contributed by atoms with Crippen LogP contribution >= 0.6 is 11.3 Å². The van der Waals surface area contributed by atoms with E-state index >= 15 is 0 Å². The summed E-state index contributed by atoms with van der Waals surface area (Å²) >= 11 is 1.49. The summed E-state index contributed by atoms with van der Waals surface area (Å²) in [5.41, 5.74) is 3.25. The van der Waals surface area contributed by atoms with Crippen molar-refractivity contribution >= 4 is 28.7 Å². The van der Waals surface area contributed by atoms with Crippen LogP contribution < -0.4 is 9.64 Å². The van der Waals surface area contributed by atoms with Crippen LogP contribution in [0.25, 0.3) is 0 Å². The van der Waals surface area contributed by atoms with Crippen LogP contribution in [0.4, 0.5) is 5.69 Å². The van der Waals surface area contributed by atoms with Gasteiger partial charge in [0, 0.05) is 24.3 Å². The second-order valence-electron chi connectivity index (χ2n) is 6.39. The summed E-state index contributed by atoms with van der Waals surface area (Å²) in [7, 11) is 1.63. The minimum atomic E-state index is -0.00789. The minimum absolute atomic E-state index is 0.00789. The van der Waals surface area contributed by atoms with Gasteiger partial charge >= 0.3 is 0 Å². The largest absolute Gasteiger partial charge is 0.495 e. The summed E-state index contributed by atoms with van der Waals surface area (Å²) in [6, 6.07) is 7.73. The van der Waals surface area contributed by atoms with E-state index < -0.39 is 0 Å². The summed E-state index contributed by atoms with van der Waals surface area (Å²) < 4.78 is 5.49. The Bertz CT molecular complexity index is 809. The number of benzene rings is 1. The lowest BCUT2D eigenvalue weighted by Gasteiger charge is -2.32. The van der Waals surface area contributed by atoms with Gasteiger partial charge in [0.05, 0.1) is 17.7 Å². The van der Waals surface area contributed by atoms with Gasteiger partial charge in [-0.3, -0.25) is 9.59 Å². The third kappa shape index (κ3) is 3.61. The lowest BCUT2D eigenvalue weighted by molar-refractivity contribution is -0.118. The number of nitrogens with zero attached hydrogens (tertiary/aromatic N) is 1. The Morgan fingerprint density at radius 3 is 2.64 bits per heavy atom. The van der Waals surface area contributed by atoms with Crippen molar-refractivity contribution in [3.8, 4) is 5.75 Å². The highest BCUT2D eigenvalue weighted by atomic mass is 32.1. The number of Topliss-reactive ketones (excluding diaryl/α,β-unsaturated/α-hetero) is 1. The molecule has 0 radical (unpaired) electrons. The van der Waals surface area contributed by atoms with E-state index in [0.717, 1.165) is 34.0 Å². The zero-order valence-corrected chi connectivity index (χ0v) is 15.7. The van der Waals surface area contributed by atoms with Crippen LogP contribution in [0.2, 0.25) is 0 Å². The van der Waals surface area contributed by atoms with E-state index in [2.05, 4.69) is 6.92 Å². The van der Waals surface area contributed by atoms with Crippen LogP contribution in [-0.2, 0) is 11.2 Å². The fourth-order valence-corrected chi connectivity index (χ4v) is 4.17. The Morgan fingerprint density at radius 1 is 1.16 bits per heavy atom. The number of ether oxygens (including phenoxy) is 1. The van der Waals surface area contributed by atoms with Crippen molar-refractivity contribution < 1.29 is 14.3 Å². The normalized spacial score (nSPS) is 13.5. The maximum atomic E-state index is 12.8. The third-order valence-electron chi connectivity index (χ3n) is 4.66. The number of rotatable bonds is 5. The summed E-state index contributed by atoms with van der Waals surface area (Å²) in [4.78, 5) is 28.7. The van der Waals surface area contributed by atoms with Crippen molar-refractivity contribution in [2.75, 3.05) is 18.6 Å². The van der Waals surface area contributed by atoms with Crippen LogP contribution in [-0.4, -0.2) is 25.3 Å². The van der Waals surface area contributed by atoms with Gasteiger partial charge in [0.15, 0.2) is 5.78 Å². The van der Waals surface area contributed by atoms with Crippen LogP contribution in [0, 0.1) is 13.8 Å². The molecule has 0 atom stereocenters. The molecule has 2 aromatic rings. The van der Waals surface area contributed by atoms with E-state index in [1.165, 1.54) is 22.5 Å². The summed E-state index contributed by atoms with van der Waals surface area (Å²) in [5.74, 6) is 0.764. The molecule has 1 aromatic heterocycles. The second kappa shape index (κ2) is 7.40. The van der Waals surface area contributed by atoms with Gasteiger partial charge in [-0.25, -0.2) is 0 Å². The first kappa shape index (κ1) is 17.7. The molecule has 0 aliphatic carbocycles. The number of aryl methyl sites for hydroxylation is 2. The molecule has 1 aliphatic heterocycles. The molecule has 0 unspecified atom stereocenters. The number of carbonyl (C=O) groups is 2. The van der Waals surface area contributed by atoms with Crippen molar-refractivity contribution in [2.45, 2.75) is 39.5 Å². The van der Waals surface area contributed by atoms with Crippen molar-refractivity contribution in [3.63, 3.8) is 0 Å². The van der Waals surface area contributed by atoms with E-state index in [9.17, 15) is 9.59 Å². The van der Waals surface area contributed by atoms with Crippen LogP contribution in [0.3, 0.4) is 0 Å². The van der Waals surface area contributed by atoms with E-state index in [0.29, 0.717) is 6.54 Å². The molecule has 5 heteroatoms.